The summed E-state index contributed by atoms with van der Waals surface area (Å²) in [4.78, 5) is 25.8. The molecule has 0 aliphatic carbocycles. The predicted molar refractivity (Wildman–Crippen MR) is 96.1 cm³/mol. The molecule has 0 atom stereocenters. The van der Waals surface area contributed by atoms with Crippen molar-refractivity contribution in [3.8, 4) is 11.8 Å². The van der Waals surface area contributed by atoms with Crippen LogP contribution in [-0.4, -0.2) is 41.6 Å². The summed E-state index contributed by atoms with van der Waals surface area (Å²) in [5, 5.41) is 21.9. The average molecular weight is 357 g/mol. The molecule has 0 saturated carbocycles. The third-order valence-electron chi connectivity index (χ3n) is 4.28. The van der Waals surface area contributed by atoms with Gasteiger partial charge in [0.05, 0.1) is 18.2 Å². The van der Waals surface area contributed by atoms with Crippen molar-refractivity contribution in [1.82, 2.24) is 4.90 Å². The number of ether oxygens (including phenoxy) is 1. The van der Waals surface area contributed by atoms with Gasteiger partial charge in [-0.25, -0.2) is 0 Å². The summed E-state index contributed by atoms with van der Waals surface area (Å²) in [5.74, 6) is -0.788. The first-order valence-electron chi connectivity index (χ1n) is 8.58. The molecule has 1 amide bonds. The minimum Gasteiger partial charge on any atom is -0.506 e. The molecule has 0 aromatic heterocycles. The van der Waals surface area contributed by atoms with Crippen molar-refractivity contribution in [3.63, 3.8) is 0 Å². The Kier molecular flexibility index (Phi) is 6.61. The first-order valence-corrected chi connectivity index (χ1v) is 8.58. The van der Waals surface area contributed by atoms with E-state index >= 15 is 0 Å². The number of hydrogen-bond donors (Lipinski definition) is 2. The number of esters is 1. The van der Waals surface area contributed by atoms with Crippen LogP contribution in [0.5, 0.6) is 5.75 Å². The van der Waals surface area contributed by atoms with Gasteiger partial charge in [-0.3, -0.25) is 9.59 Å². The largest absolute Gasteiger partial charge is 0.506 e. The summed E-state index contributed by atoms with van der Waals surface area (Å²) in [6.45, 7) is 4.78. The van der Waals surface area contributed by atoms with Gasteiger partial charge in [-0.05, 0) is 44.4 Å². The molecule has 1 aliphatic rings. The molecule has 2 N–H and O–H groups in total. The highest BCUT2D eigenvalue weighted by molar-refractivity contribution is 5.97. The molecule has 2 rings (SSSR count). The summed E-state index contributed by atoms with van der Waals surface area (Å²) in [6, 6.07) is 6.91. The van der Waals surface area contributed by atoms with Gasteiger partial charge in [-0.2, -0.15) is 5.26 Å². The lowest BCUT2D eigenvalue weighted by Crippen LogP contribution is -2.41. The van der Waals surface area contributed by atoms with Crippen LogP contribution in [0.4, 0.5) is 5.69 Å². The predicted octanol–water partition coefficient (Wildman–Crippen LogP) is 2.32. The van der Waals surface area contributed by atoms with E-state index in [1.165, 1.54) is 6.20 Å². The van der Waals surface area contributed by atoms with E-state index in [9.17, 15) is 20.0 Å². The minimum atomic E-state index is -0.394. The van der Waals surface area contributed by atoms with Gasteiger partial charge >= 0.3 is 5.97 Å². The van der Waals surface area contributed by atoms with Gasteiger partial charge in [-0.15, -0.1) is 0 Å². The molecule has 1 aliphatic heterocycles. The van der Waals surface area contributed by atoms with E-state index in [-0.39, 0.29) is 23.2 Å². The van der Waals surface area contributed by atoms with E-state index in [0.717, 1.165) is 5.56 Å². The van der Waals surface area contributed by atoms with Crippen LogP contribution in [0, 0.1) is 24.2 Å². The molecule has 1 heterocycles. The average Bonchev–Trinajstić information content (AvgIpc) is 2.65. The second kappa shape index (κ2) is 8.90. The van der Waals surface area contributed by atoms with Gasteiger partial charge in [0.25, 0.3) is 5.91 Å². The lowest BCUT2D eigenvalue weighted by atomic mass is 9.96. The second-order valence-corrected chi connectivity index (χ2v) is 6.15. The van der Waals surface area contributed by atoms with Crippen molar-refractivity contribution in [2.45, 2.75) is 26.7 Å². The molecule has 1 saturated heterocycles. The zero-order valence-electron chi connectivity index (χ0n) is 15.0. The third kappa shape index (κ3) is 4.76. The van der Waals surface area contributed by atoms with Gasteiger partial charge in [0.15, 0.2) is 0 Å². The molecule has 1 aromatic carbocycles. The Bertz CT molecular complexity index is 744. The number of nitriles is 1. The fraction of sp³-hybridized carbons (Fsp3) is 0.421. The summed E-state index contributed by atoms with van der Waals surface area (Å²) in [5.41, 5.74) is 1.30. The number of hydrogen-bond acceptors (Lipinski definition) is 6. The Morgan fingerprint density at radius 2 is 2.12 bits per heavy atom. The topological polar surface area (TPSA) is 103 Å². The number of anilines is 1. The van der Waals surface area contributed by atoms with Gasteiger partial charge in [0, 0.05) is 19.3 Å². The van der Waals surface area contributed by atoms with E-state index in [2.05, 4.69) is 5.32 Å². The van der Waals surface area contributed by atoms with E-state index in [1.807, 2.05) is 13.0 Å². The van der Waals surface area contributed by atoms with Crippen molar-refractivity contribution in [1.29, 1.82) is 5.26 Å². The molecule has 0 radical (unpaired) electrons. The smallest absolute Gasteiger partial charge is 0.309 e. The molecule has 7 nitrogen and oxygen atoms in total. The normalized spacial score (nSPS) is 15.3. The number of rotatable bonds is 5. The standard InChI is InChI=1S/C19H23N3O4/c1-3-26-19(25)14-6-8-22(9-7-14)18(24)15(11-20)12-21-16-10-13(2)4-5-17(16)23/h4-5,10,12,14,21,23H,3,6-9H2,1-2H3/b15-12-. The highest BCUT2D eigenvalue weighted by atomic mass is 16.5. The summed E-state index contributed by atoms with van der Waals surface area (Å²) in [6.07, 6.45) is 2.35. The molecule has 7 heteroatoms. The number of benzene rings is 1. The molecule has 26 heavy (non-hydrogen) atoms. The van der Waals surface area contributed by atoms with Crippen LogP contribution in [0.2, 0.25) is 0 Å². The molecular formula is C19H23N3O4. The number of nitrogens with one attached hydrogen (secondary N) is 1. The van der Waals surface area contributed by atoms with E-state index < -0.39 is 5.91 Å². The van der Waals surface area contributed by atoms with Gasteiger partial charge in [0.2, 0.25) is 0 Å². The monoisotopic (exact) mass is 357 g/mol. The second-order valence-electron chi connectivity index (χ2n) is 6.15. The number of phenols is 1. The van der Waals surface area contributed by atoms with Crippen LogP contribution in [0.3, 0.4) is 0 Å². The Hall–Kier alpha value is -3.01. The Morgan fingerprint density at radius 1 is 1.42 bits per heavy atom. The summed E-state index contributed by atoms with van der Waals surface area (Å²) >= 11 is 0. The van der Waals surface area contributed by atoms with Crippen LogP contribution >= 0.6 is 0 Å². The van der Waals surface area contributed by atoms with Gasteiger partial charge < -0.3 is 20.1 Å². The number of carbonyl (C=O) groups excluding carboxylic acids is 2. The number of nitrogens with zero attached hydrogens (tertiary/aromatic N) is 2. The van der Waals surface area contributed by atoms with E-state index in [0.29, 0.717) is 38.2 Å². The maximum atomic E-state index is 12.5. The molecule has 1 fully saturated rings. The molecular weight excluding hydrogens is 334 g/mol. The minimum absolute atomic E-state index is 0.0341. The van der Waals surface area contributed by atoms with Crippen molar-refractivity contribution >= 4 is 17.6 Å². The van der Waals surface area contributed by atoms with Gasteiger partial charge in [0.1, 0.15) is 17.4 Å². The molecule has 138 valence electrons. The third-order valence-corrected chi connectivity index (χ3v) is 4.28. The fourth-order valence-corrected chi connectivity index (χ4v) is 2.81. The van der Waals surface area contributed by atoms with Crippen LogP contribution in [0.1, 0.15) is 25.3 Å². The number of likely N-dealkylation sites (tertiary alicyclic amines) is 1. The van der Waals surface area contributed by atoms with Crippen LogP contribution in [-0.2, 0) is 14.3 Å². The maximum absolute atomic E-state index is 12.5. The highest BCUT2D eigenvalue weighted by Crippen LogP contribution is 2.24. The first-order chi connectivity index (χ1) is 12.5. The number of aromatic hydroxyl groups is 1. The highest BCUT2D eigenvalue weighted by Gasteiger charge is 2.29. The summed E-state index contributed by atoms with van der Waals surface area (Å²) < 4.78 is 5.01. The molecule has 0 unspecified atom stereocenters. The Morgan fingerprint density at radius 3 is 2.73 bits per heavy atom. The quantitative estimate of drug-likeness (QED) is 0.363. The van der Waals surface area contributed by atoms with Gasteiger partial charge in [-0.1, -0.05) is 6.07 Å². The summed E-state index contributed by atoms with van der Waals surface area (Å²) in [7, 11) is 0. The lowest BCUT2D eigenvalue weighted by molar-refractivity contribution is -0.150. The van der Waals surface area contributed by atoms with E-state index in [4.69, 9.17) is 4.74 Å². The zero-order chi connectivity index (χ0) is 19.1. The van der Waals surface area contributed by atoms with Crippen LogP contribution < -0.4 is 5.32 Å². The number of aryl methyl sites for hydroxylation is 1. The number of piperidine rings is 1. The number of phenolic OH excluding ortho intramolecular Hbond substituents is 1. The number of carbonyl (C=O) groups is 2. The fourth-order valence-electron chi connectivity index (χ4n) is 2.81. The van der Waals surface area contributed by atoms with Crippen molar-refractivity contribution in [2.24, 2.45) is 5.92 Å². The zero-order valence-corrected chi connectivity index (χ0v) is 15.0. The first kappa shape index (κ1) is 19.3. The molecule has 0 spiro atoms. The SMILES string of the molecule is CCOC(=O)C1CCN(C(=O)/C(C#N)=C\Nc2cc(C)ccc2O)CC1. The molecule has 0 bridgehead atoms. The lowest BCUT2D eigenvalue weighted by Gasteiger charge is -2.30. The Balaban J connectivity index is 2.00. The van der Waals surface area contributed by atoms with Crippen LogP contribution in [0.15, 0.2) is 30.0 Å². The van der Waals surface area contributed by atoms with Crippen molar-refractivity contribution < 1.29 is 19.4 Å². The molecule has 1 aromatic rings. The Labute approximate surface area is 152 Å². The van der Waals surface area contributed by atoms with Crippen molar-refractivity contribution in [2.75, 3.05) is 25.0 Å². The number of amides is 1. The van der Waals surface area contributed by atoms with Crippen LogP contribution in [0.25, 0.3) is 0 Å². The van der Waals surface area contributed by atoms with Crippen molar-refractivity contribution in [3.05, 3.63) is 35.5 Å². The maximum Gasteiger partial charge on any atom is 0.309 e. The van der Waals surface area contributed by atoms with E-state index in [1.54, 1.807) is 30.0 Å².